The minimum absolute atomic E-state index is 0.0455. The third-order valence-corrected chi connectivity index (χ3v) is 9.31. The average molecular weight is 918 g/mol. The topological polar surface area (TPSA) is 172 Å². The predicted molar refractivity (Wildman–Crippen MR) is 267 cm³/mol. The van der Waals surface area contributed by atoms with E-state index in [0.717, 1.165) is 70.6 Å². The molecule has 0 saturated carbocycles. The highest BCUT2D eigenvalue weighted by molar-refractivity contribution is 7.47. The van der Waals surface area contributed by atoms with Crippen LogP contribution in [0, 0.1) is 0 Å². The Morgan fingerprint density at radius 3 is 1.12 bits per heavy atom. The van der Waals surface area contributed by atoms with Gasteiger partial charge in [-0.2, -0.15) is 0 Å². The van der Waals surface area contributed by atoms with E-state index in [-0.39, 0.29) is 12.8 Å². The van der Waals surface area contributed by atoms with Crippen LogP contribution in [0.5, 0.6) is 0 Å². The first-order valence-corrected chi connectivity index (χ1v) is 24.1. The summed E-state index contributed by atoms with van der Waals surface area (Å²) in [6.45, 7) is 2.23. The van der Waals surface area contributed by atoms with Crippen LogP contribution in [-0.2, 0) is 37.5 Å². The quantitative estimate of drug-likeness (QED) is 0.0304. The summed E-state index contributed by atoms with van der Waals surface area (Å²) in [4.78, 5) is 45.9. The number of hydrogen-bond donors (Lipinski definition) is 3. The summed E-state index contributed by atoms with van der Waals surface area (Å²) in [5, 5.41) is 8.90. The maximum atomic E-state index is 12.6. The molecule has 0 aromatic carbocycles. The molecule has 0 heterocycles. The molecule has 65 heavy (non-hydrogen) atoms. The van der Waals surface area contributed by atoms with E-state index in [1.165, 1.54) is 0 Å². The molecule has 0 aromatic heterocycles. The number of carbonyl (C=O) groups is 3. The number of carbonyl (C=O) groups excluding carboxylic acids is 2. The normalized spacial score (nSPS) is 15.1. The van der Waals surface area contributed by atoms with E-state index in [2.05, 4.69) is 127 Å². The number of ether oxygens (including phenoxy) is 2. The van der Waals surface area contributed by atoms with Crippen molar-refractivity contribution in [3.63, 3.8) is 0 Å². The number of carboxylic acid groups (broad SMARTS) is 1. The van der Waals surface area contributed by atoms with Gasteiger partial charge in [0.15, 0.2) is 6.10 Å². The highest BCUT2D eigenvalue weighted by atomic mass is 31.2. The van der Waals surface area contributed by atoms with E-state index in [4.69, 9.17) is 24.8 Å². The predicted octanol–water partition coefficient (Wildman–Crippen LogP) is 12.7. The van der Waals surface area contributed by atoms with Crippen molar-refractivity contribution in [3.05, 3.63) is 170 Å². The molecule has 0 amide bonds. The molecule has 4 N–H and O–H groups in total. The lowest BCUT2D eigenvalue weighted by Gasteiger charge is -2.20. The second-order valence-corrected chi connectivity index (χ2v) is 15.6. The van der Waals surface area contributed by atoms with Gasteiger partial charge in [-0.1, -0.05) is 177 Å². The Kier molecular flexibility index (Phi) is 41.8. The number of rotatable bonds is 39. The van der Waals surface area contributed by atoms with Crippen LogP contribution in [0.3, 0.4) is 0 Å². The van der Waals surface area contributed by atoms with Crippen molar-refractivity contribution in [2.75, 3.05) is 19.8 Å². The van der Waals surface area contributed by atoms with Crippen molar-refractivity contribution in [1.29, 1.82) is 0 Å². The number of carboxylic acids is 1. The van der Waals surface area contributed by atoms with E-state index < -0.39 is 57.7 Å². The molecule has 0 saturated heterocycles. The smallest absolute Gasteiger partial charge is 0.472 e. The SMILES string of the molecule is CC=CCC=CCC=CCC=CCC=CCC=CCC=CCC(=O)O[C@H](COC(=O)CC=CCC=CCC=CCC=CCC=CCC=CCC=CCC)COP(=O)(O)OC[C@H](N)C(=O)O. The van der Waals surface area contributed by atoms with Crippen molar-refractivity contribution in [1.82, 2.24) is 0 Å². The number of esters is 2. The Morgan fingerprint density at radius 2 is 0.785 bits per heavy atom. The fraction of sp³-hybridized carbons (Fsp3) is 0.415. The molecule has 0 spiro atoms. The minimum atomic E-state index is -4.78. The molecule has 12 heteroatoms. The van der Waals surface area contributed by atoms with E-state index in [1.807, 2.05) is 43.4 Å². The minimum Gasteiger partial charge on any atom is -0.480 e. The van der Waals surface area contributed by atoms with Gasteiger partial charge in [0, 0.05) is 0 Å². The van der Waals surface area contributed by atoms with Gasteiger partial charge in [-0.3, -0.25) is 23.4 Å². The third-order valence-electron chi connectivity index (χ3n) is 8.36. The summed E-state index contributed by atoms with van der Waals surface area (Å²) in [7, 11) is -4.78. The summed E-state index contributed by atoms with van der Waals surface area (Å²) in [6, 6.07) is -1.56. The molecule has 11 nitrogen and oxygen atoms in total. The van der Waals surface area contributed by atoms with Crippen LogP contribution in [0.15, 0.2) is 170 Å². The zero-order chi connectivity index (χ0) is 47.7. The van der Waals surface area contributed by atoms with Crippen molar-refractivity contribution in [2.24, 2.45) is 5.73 Å². The van der Waals surface area contributed by atoms with Gasteiger partial charge >= 0.3 is 25.7 Å². The lowest BCUT2D eigenvalue weighted by atomic mass is 10.2. The molecule has 3 atom stereocenters. The first-order chi connectivity index (χ1) is 31.6. The lowest BCUT2D eigenvalue weighted by molar-refractivity contribution is -0.160. The molecule has 0 fully saturated rings. The van der Waals surface area contributed by atoms with E-state index >= 15 is 0 Å². The van der Waals surface area contributed by atoms with Gasteiger partial charge in [-0.05, 0) is 90.4 Å². The maximum absolute atomic E-state index is 12.6. The van der Waals surface area contributed by atoms with E-state index in [1.54, 1.807) is 18.2 Å². The average Bonchev–Trinajstić information content (AvgIpc) is 3.28. The van der Waals surface area contributed by atoms with Gasteiger partial charge in [0.05, 0.1) is 26.1 Å². The van der Waals surface area contributed by atoms with Crippen LogP contribution in [0.2, 0.25) is 0 Å². The molecule has 0 aliphatic carbocycles. The number of phosphoric acid groups is 1. The zero-order valence-electron chi connectivity index (χ0n) is 38.7. The lowest BCUT2D eigenvalue weighted by Crippen LogP contribution is -2.34. The highest BCUT2D eigenvalue weighted by Gasteiger charge is 2.28. The van der Waals surface area contributed by atoms with Crippen LogP contribution in [0.4, 0.5) is 0 Å². The van der Waals surface area contributed by atoms with Gasteiger partial charge in [0.1, 0.15) is 12.6 Å². The molecule has 1 unspecified atom stereocenters. The molecule has 0 bridgehead atoms. The first kappa shape index (κ1) is 59.8. The number of nitrogens with two attached hydrogens (primary N) is 1. The third kappa shape index (κ3) is 45.2. The summed E-state index contributed by atoms with van der Waals surface area (Å²) < 4.78 is 32.5. The van der Waals surface area contributed by atoms with Gasteiger partial charge in [-0.15, -0.1) is 0 Å². The molecule has 0 rings (SSSR count). The molecule has 0 aliphatic heterocycles. The Balaban J connectivity index is 4.66. The fourth-order valence-corrected chi connectivity index (χ4v) is 5.65. The monoisotopic (exact) mass is 918 g/mol. The molecular formula is C53H76NO10P. The molecule has 0 aromatic rings. The summed E-state index contributed by atoms with van der Waals surface area (Å²) in [5.74, 6) is -2.73. The van der Waals surface area contributed by atoms with Gasteiger partial charge in [-0.25, -0.2) is 4.57 Å². The summed E-state index contributed by atoms with van der Waals surface area (Å²) in [5.41, 5.74) is 5.32. The van der Waals surface area contributed by atoms with Crippen molar-refractivity contribution < 1.29 is 47.5 Å². The zero-order valence-corrected chi connectivity index (χ0v) is 39.6. The molecule has 0 aliphatic rings. The summed E-state index contributed by atoms with van der Waals surface area (Å²) >= 11 is 0. The maximum Gasteiger partial charge on any atom is 0.472 e. The number of hydrogen-bond acceptors (Lipinski definition) is 9. The van der Waals surface area contributed by atoms with E-state index in [9.17, 15) is 23.8 Å². The van der Waals surface area contributed by atoms with Gasteiger partial charge in [0.25, 0.3) is 0 Å². The second-order valence-electron chi connectivity index (χ2n) is 14.1. The highest BCUT2D eigenvalue weighted by Crippen LogP contribution is 2.43. The number of allylic oxidation sites excluding steroid dienone is 26. The Bertz CT molecular complexity index is 1740. The standard InChI is InChI=1S/C53H76NO10P/c1-3-5-7-9-11-13-15-17-19-21-23-25-27-28-30-32-34-36-38-40-42-44-51(55)61-46-49(47-62-65(59,60)63-48-50(54)53(57)58)64-52(56)45-43-41-39-37-35-33-31-29-26-24-22-20-18-16-14-12-10-8-6-4-2/h4-7,10-13,16-19,22-25,28-31,34-37,40-43,49-50H,3,8-9,14-15,20-21,26-27,32-33,38-39,44-48,54H2,1-2H3,(H,57,58)(H,59,60)/t49-,50+/m1/s1. The van der Waals surface area contributed by atoms with Crippen LogP contribution in [0.25, 0.3) is 0 Å². The molecular weight excluding hydrogens is 842 g/mol. The Labute approximate surface area is 389 Å². The van der Waals surface area contributed by atoms with Gasteiger partial charge in [0.2, 0.25) is 0 Å². The van der Waals surface area contributed by atoms with Crippen molar-refractivity contribution in [2.45, 2.75) is 122 Å². The fourth-order valence-electron chi connectivity index (χ4n) is 4.87. The Hall–Kier alpha value is -5.16. The van der Waals surface area contributed by atoms with Crippen LogP contribution in [-0.4, -0.2) is 59.9 Å². The van der Waals surface area contributed by atoms with Gasteiger partial charge < -0.3 is 25.2 Å². The van der Waals surface area contributed by atoms with E-state index in [0.29, 0.717) is 12.8 Å². The number of phosphoric ester groups is 1. The van der Waals surface area contributed by atoms with Crippen LogP contribution < -0.4 is 5.73 Å². The largest absolute Gasteiger partial charge is 0.480 e. The van der Waals surface area contributed by atoms with Crippen molar-refractivity contribution >= 4 is 25.7 Å². The van der Waals surface area contributed by atoms with Crippen LogP contribution in [0.1, 0.15) is 110 Å². The molecule has 0 radical (unpaired) electrons. The van der Waals surface area contributed by atoms with Crippen molar-refractivity contribution in [3.8, 4) is 0 Å². The van der Waals surface area contributed by atoms with Crippen LogP contribution >= 0.6 is 7.82 Å². The Morgan fingerprint density at radius 1 is 0.477 bits per heavy atom. The summed E-state index contributed by atoms with van der Waals surface area (Å²) in [6.07, 6.45) is 67.7. The first-order valence-electron chi connectivity index (χ1n) is 22.6. The molecule has 358 valence electrons. The second kappa shape index (κ2) is 45.4. The number of aliphatic carboxylic acids is 1.